The Bertz CT molecular complexity index is 450. The zero-order chi connectivity index (χ0) is 13.0. The highest BCUT2D eigenvalue weighted by atomic mass is 79.9. The molecule has 5 heteroatoms. The van der Waals surface area contributed by atoms with E-state index in [2.05, 4.69) is 31.8 Å². The fourth-order valence-corrected chi connectivity index (χ4v) is 2.59. The molecule has 0 saturated carbocycles. The van der Waals surface area contributed by atoms with Crippen LogP contribution < -0.4 is 4.90 Å². The standard InChI is InChI=1S/C13H16BrN3O/c14-12-1-2-13(11(9-12)10-15)17-5-3-16(4-6-17)7-8-18/h1-2,9,18H,3-8H2. The van der Waals surface area contributed by atoms with E-state index in [9.17, 15) is 0 Å². The summed E-state index contributed by atoms with van der Waals surface area (Å²) in [5.41, 5.74) is 1.71. The molecule has 0 spiro atoms. The first kappa shape index (κ1) is 13.3. The average Bonchev–Trinajstić information content (AvgIpc) is 2.40. The van der Waals surface area contributed by atoms with Gasteiger partial charge in [-0.2, -0.15) is 5.26 Å². The van der Waals surface area contributed by atoms with Crippen LogP contribution >= 0.6 is 15.9 Å². The molecule has 0 atom stereocenters. The summed E-state index contributed by atoms with van der Waals surface area (Å²) in [6, 6.07) is 8.06. The number of aliphatic hydroxyl groups excluding tert-OH is 1. The largest absolute Gasteiger partial charge is 0.395 e. The van der Waals surface area contributed by atoms with Crippen molar-refractivity contribution in [3.8, 4) is 6.07 Å². The Balaban J connectivity index is 2.08. The predicted octanol–water partition coefficient (Wildman–Crippen LogP) is 1.44. The molecule has 1 saturated heterocycles. The van der Waals surface area contributed by atoms with Crippen LogP contribution in [0.15, 0.2) is 22.7 Å². The van der Waals surface area contributed by atoms with Gasteiger partial charge in [0.1, 0.15) is 6.07 Å². The molecule has 96 valence electrons. The quantitative estimate of drug-likeness (QED) is 0.918. The third-order valence-electron chi connectivity index (χ3n) is 3.21. The van der Waals surface area contributed by atoms with Gasteiger partial charge in [0, 0.05) is 37.2 Å². The van der Waals surface area contributed by atoms with Crippen molar-refractivity contribution in [2.45, 2.75) is 0 Å². The van der Waals surface area contributed by atoms with Crippen LogP contribution in [0.1, 0.15) is 5.56 Å². The first-order valence-corrected chi connectivity index (χ1v) is 6.81. The van der Waals surface area contributed by atoms with E-state index in [4.69, 9.17) is 10.4 Å². The second kappa shape index (κ2) is 6.19. The first-order valence-electron chi connectivity index (χ1n) is 6.02. The smallest absolute Gasteiger partial charge is 0.101 e. The van der Waals surface area contributed by atoms with Crippen molar-refractivity contribution in [3.05, 3.63) is 28.2 Å². The van der Waals surface area contributed by atoms with Crippen LogP contribution in [0.5, 0.6) is 0 Å². The molecule has 2 rings (SSSR count). The van der Waals surface area contributed by atoms with Crippen molar-refractivity contribution in [2.75, 3.05) is 44.2 Å². The lowest BCUT2D eigenvalue weighted by molar-refractivity contribution is 0.189. The Morgan fingerprint density at radius 3 is 2.61 bits per heavy atom. The highest BCUT2D eigenvalue weighted by Crippen LogP contribution is 2.24. The highest BCUT2D eigenvalue weighted by molar-refractivity contribution is 9.10. The second-order valence-corrected chi connectivity index (χ2v) is 5.24. The summed E-state index contributed by atoms with van der Waals surface area (Å²) in [5, 5.41) is 18.1. The molecule has 1 aliphatic rings. The van der Waals surface area contributed by atoms with Crippen LogP contribution in [0.25, 0.3) is 0 Å². The fourth-order valence-electron chi connectivity index (χ4n) is 2.23. The maximum absolute atomic E-state index is 9.17. The van der Waals surface area contributed by atoms with Gasteiger partial charge in [-0.15, -0.1) is 0 Å². The van der Waals surface area contributed by atoms with E-state index in [1.807, 2.05) is 18.2 Å². The van der Waals surface area contributed by atoms with Gasteiger partial charge in [-0.3, -0.25) is 4.90 Å². The number of anilines is 1. The lowest BCUT2D eigenvalue weighted by Crippen LogP contribution is -2.47. The number of aliphatic hydroxyl groups is 1. The van der Waals surface area contributed by atoms with E-state index in [0.29, 0.717) is 5.56 Å². The molecule has 1 heterocycles. The first-order chi connectivity index (χ1) is 8.74. The van der Waals surface area contributed by atoms with Crippen molar-refractivity contribution in [1.29, 1.82) is 5.26 Å². The van der Waals surface area contributed by atoms with Gasteiger partial charge < -0.3 is 10.0 Å². The van der Waals surface area contributed by atoms with E-state index in [1.54, 1.807) is 0 Å². The molecule has 0 radical (unpaired) electrons. The van der Waals surface area contributed by atoms with E-state index in [0.717, 1.165) is 42.9 Å². The lowest BCUT2D eigenvalue weighted by Gasteiger charge is -2.36. The zero-order valence-corrected chi connectivity index (χ0v) is 11.7. The Kier molecular flexibility index (Phi) is 4.59. The van der Waals surface area contributed by atoms with Crippen LogP contribution in [-0.4, -0.2) is 49.3 Å². The Morgan fingerprint density at radius 2 is 2.00 bits per heavy atom. The third-order valence-corrected chi connectivity index (χ3v) is 3.70. The van der Waals surface area contributed by atoms with Gasteiger partial charge in [0.05, 0.1) is 17.9 Å². The van der Waals surface area contributed by atoms with Gasteiger partial charge in [0.25, 0.3) is 0 Å². The van der Waals surface area contributed by atoms with Gasteiger partial charge >= 0.3 is 0 Å². The van der Waals surface area contributed by atoms with Crippen molar-refractivity contribution in [2.24, 2.45) is 0 Å². The van der Waals surface area contributed by atoms with Crippen LogP contribution in [0.3, 0.4) is 0 Å². The summed E-state index contributed by atoms with van der Waals surface area (Å²) in [6.45, 7) is 4.61. The number of nitrogens with zero attached hydrogens (tertiary/aromatic N) is 3. The zero-order valence-electron chi connectivity index (χ0n) is 10.1. The molecule has 1 N–H and O–H groups in total. The second-order valence-electron chi connectivity index (χ2n) is 4.33. The molecule has 1 aliphatic heterocycles. The molecule has 1 fully saturated rings. The minimum atomic E-state index is 0.210. The molecule has 0 aliphatic carbocycles. The van der Waals surface area contributed by atoms with E-state index in [1.165, 1.54) is 0 Å². The highest BCUT2D eigenvalue weighted by Gasteiger charge is 2.18. The van der Waals surface area contributed by atoms with Gasteiger partial charge in [-0.25, -0.2) is 0 Å². The Morgan fingerprint density at radius 1 is 1.28 bits per heavy atom. The van der Waals surface area contributed by atoms with Gasteiger partial charge in [0.2, 0.25) is 0 Å². The molecule has 0 amide bonds. The number of halogens is 1. The molecular formula is C13H16BrN3O. The van der Waals surface area contributed by atoms with Crippen LogP contribution in [0.2, 0.25) is 0 Å². The summed E-state index contributed by atoms with van der Waals surface area (Å²) in [4.78, 5) is 4.47. The van der Waals surface area contributed by atoms with E-state index in [-0.39, 0.29) is 6.61 Å². The molecule has 0 aromatic heterocycles. The maximum atomic E-state index is 9.17. The SMILES string of the molecule is N#Cc1cc(Br)ccc1N1CCN(CCO)CC1. The Hall–Kier alpha value is -1.09. The number of β-amino-alcohol motifs (C(OH)–C–C–N with tert-alkyl or cyclic N) is 1. The summed E-state index contributed by atoms with van der Waals surface area (Å²) in [5.74, 6) is 0. The average molecular weight is 310 g/mol. The lowest BCUT2D eigenvalue weighted by atomic mass is 10.1. The molecule has 18 heavy (non-hydrogen) atoms. The fraction of sp³-hybridized carbons (Fsp3) is 0.462. The minimum absolute atomic E-state index is 0.210. The van der Waals surface area contributed by atoms with Gasteiger partial charge in [0.15, 0.2) is 0 Å². The number of hydrogen-bond donors (Lipinski definition) is 1. The molecule has 0 unspecified atom stereocenters. The topological polar surface area (TPSA) is 50.5 Å². The number of nitriles is 1. The van der Waals surface area contributed by atoms with Gasteiger partial charge in [-0.1, -0.05) is 15.9 Å². The molecule has 0 bridgehead atoms. The van der Waals surface area contributed by atoms with Crippen molar-refractivity contribution in [3.63, 3.8) is 0 Å². The van der Waals surface area contributed by atoms with Gasteiger partial charge in [-0.05, 0) is 18.2 Å². The number of benzene rings is 1. The summed E-state index contributed by atoms with van der Waals surface area (Å²) < 4.78 is 0.932. The van der Waals surface area contributed by atoms with E-state index >= 15 is 0 Å². The normalized spacial score (nSPS) is 16.6. The summed E-state index contributed by atoms with van der Waals surface area (Å²) >= 11 is 3.39. The van der Waals surface area contributed by atoms with Crippen molar-refractivity contribution in [1.82, 2.24) is 4.90 Å². The van der Waals surface area contributed by atoms with E-state index < -0.39 is 0 Å². The number of hydrogen-bond acceptors (Lipinski definition) is 4. The molecule has 1 aromatic carbocycles. The third kappa shape index (κ3) is 3.02. The molecule has 1 aromatic rings. The summed E-state index contributed by atoms with van der Waals surface area (Å²) in [6.07, 6.45) is 0. The minimum Gasteiger partial charge on any atom is -0.395 e. The number of rotatable bonds is 3. The monoisotopic (exact) mass is 309 g/mol. The Labute approximate surface area is 116 Å². The summed E-state index contributed by atoms with van der Waals surface area (Å²) in [7, 11) is 0. The van der Waals surface area contributed by atoms with Crippen molar-refractivity contribution >= 4 is 21.6 Å². The molecular weight excluding hydrogens is 294 g/mol. The van der Waals surface area contributed by atoms with Crippen LogP contribution in [0, 0.1) is 11.3 Å². The maximum Gasteiger partial charge on any atom is 0.101 e. The van der Waals surface area contributed by atoms with Crippen LogP contribution in [0.4, 0.5) is 5.69 Å². The van der Waals surface area contributed by atoms with Crippen molar-refractivity contribution < 1.29 is 5.11 Å². The van der Waals surface area contributed by atoms with Crippen LogP contribution in [-0.2, 0) is 0 Å². The molecule has 4 nitrogen and oxygen atoms in total. The predicted molar refractivity (Wildman–Crippen MR) is 74.6 cm³/mol. The number of piperazine rings is 1.